The molecule has 5 heteroatoms. The van der Waals surface area contributed by atoms with E-state index in [0.29, 0.717) is 19.8 Å². The largest absolute Gasteiger partial charge is 0.382 e. The molecule has 0 aliphatic heterocycles. The zero-order valence-electron chi connectivity index (χ0n) is 8.71. The Morgan fingerprint density at radius 2 is 2.14 bits per heavy atom. The van der Waals surface area contributed by atoms with Gasteiger partial charge in [-0.3, -0.25) is 4.68 Å². The van der Waals surface area contributed by atoms with E-state index >= 15 is 0 Å². The lowest BCUT2D eigenvalue weighted by Gasteiger charge is -2.04. The van der Waals surface area contributed by atoms with Gasteiger partial charge < -0.3 is 9.47 Å². The van der Waals surface area contributed by atoms with E-state index in [1.807, 2.05) is 18.7 Å². The standard InChI is InChI=1S/C9H15BrN2O2/c1-7-9(10)8(12(2)11-7)6-14-5-4-13-3/h4-6H2,1-3H3. The topological polar surface area (TPSA) is 36.3 Å². The molecule has 1 heterocycles. The highest BCUT2D eigenvalue weighted by molar-refractivity contribution is 9.10. The number of rotatable bonds is 5. The molecule has 0 aromatic carbocycles. The molecular weight excluding hydrogens is 248 g/mol. The van der Waals surface area contributed by atoms with Gasteiger partial charge in [0, 0.05) is 14.2 Å². The SMILES string of the molecule is COCCOCc1c(Br)c(C)nn1C. The van der Waals surface area contributed by atoms with Crippen molar-refractivity contribution in [3.05, 3.63) is 15.9 Å². The molecule has 0 spiro atoms. The van der Waals surface area contributed by atoms with Gasteiger partial charge in [0.05, 0.1) is 35.7 Å². The quantitative estimate of drug-likeness (QED) is 0.758. The number of nitrogens with zero attached hydrogens (tertiary/aromatic N) is 2. The van der Waals surface area contributed by atoms with Gasteiger partial charge in [0.25, 0.3) is 0 Å². The summed E-state index contributed by atoms with van der Waals surface area (Å²) in [6.07, 6.45) is 0. The van der Waals surface area contributed by atoms with Crippen LogP contribution >= 0.6 is 15.9 Å². The van der Waals surface area contributed by atoms with Crippen LogP contribution in [0.3, 0.4) is 0 Å². The van der Waals surface area contributed by atoms with Crippen LogP contribution in [0.5, 0.6) is 0 Å². The van der Waals surface area contributed by atoms with Crippen LogP contribution in [0.15, 0.2) is 4.47 Å². The number of hydrogen-bond donors (Lipinski definition) is 0. The highest BCUT2D eigenvalue weighted by Crippen LogP contribution is 2.20. The minimum Gasteiger partial charge on any atom is -0.382 e. The van der Waals surface area contributed by atoms with Crippen LogP contribution in [-0.2, 0) is 23.1 Å². The minimum atomic E-state index is 0.557. The average molecular weight is 263 g/mol. The maximum absolute atomic E-state index is 5.42. The van der Waals surface area contributed by atoms with Gasteiger partial charge in [0.1, 0.15) is 0 Å². The van der Waals surface area contributed by atoms with Crippen molar-refractivity contribution in [1.82, 2.24) is 9.78 Å². The first kappa shape index (κ1) is 11.7. The van der Waals surface area contributed by atoms with Crippen molar-refractivity contribution in [3.63, 3.8) is 0 Å². The molecule has 0 atom stereocenters. The van der Waals surface area contributed by atoms with Crippen molar-refractivity contribution in [2.24, 2.45) is 7.05 Å². The van der Waals surface area contributed by atoms with Gasteiger partial charge in [-0.25, -0.2) is 0 Å². The minimum absolute atomic E-state index is 0.557. The molecule has 0 bridgehead atoms. The zero-order chi connectivity index (χ0) is 10.6. The van der Waals surface area contributed by atoms with Crippen molar-refractivity contribution in [3.8, 4) is 0 Å². The number of aromatic nitrogens is 2. The molecule has 4 nitrogen and oxygen atoms in total. The second-order valence-corrected chi connectivity index (χ2v) is 3.81. The van der Waals surface area contributed by atoms with E-state index in [9.17, 15) is 0 Å². The van der Waals surface area contributed by atoms with Crippen molar-refractivity contribution in [1.29, 1.82) is 0 Å². The summed E-state index contributed by atoms with van der Waals surface area (Å²) >= 11 is 3.48. The molecular formula is C9H15BrN2O2. The van der Waals surface area contributed by atoms with Gasteiger partial charge in [-0.1, -0.05) is 0 Å². The fourth-order valence-corrected chi connectivity index (χ4v) is 1.60. The van der Waals surface area contributed by atoms with Gasteiger partial charge in [0.15, 0.2) is 0 Å². The third kappa shape index (κ3) is 2.80. The molecule has 80 valence electrons. The van der Waals surface area contributed by atoms with Crippen LogP contribution in [0.2, 0.25) is 0 Å². The lowest BCUT2D eigenvalue weighted by molar-refractivity contribution is 0.0586. The number of ether oxygens (including phenoxy) is 2. The Morgan fingerprint density at radius 3 is 2.64 bits per heavy atom. The lowest BCUT2D eigenvalue weighted by atomic mass is 10.4. The van der Waals surface area contributed by atoms with E-state index in [0.717, 1.165) is 15.9 Å². The molecule has 1 aromatic rings. The normalized spacial score (nSPS) is 10.9. The summed E-state index contributed by atoms with van der Waals surface area (Å²) in [4.78, 5) is 0. The van der Waals surface area contributed by atoms with Crippen molar-refractivity contribution in [2.45, 2.75) is 13.5 Å². The van der Waals surface area contributed by atoms with E-state index in [-0.39, 0.29) is 0 Å². The maximum atomic E-state index is 5.42. The van der Waals surface area contributed by atoms with Crippen LogP contribution in [0.25, 0.3) is 0 Å². The molecule has 0 amide bonds. The summed E-state index contributed by atoms with van der Waals surface area (Å²) in [5.41, 5.74) is 2.04. The van der Waals surface area contributed by atoms with Gasteiger partial charge in [-0.2, -0.15) is 5.10 Å². The fourth-order valence-electron chi connectivity index (χ4n) is 1.15. The number of methoxy groups -OCH3 is 1. The van der Waals surface area contributed by atoms with Gasteiger partial charge in [0.2, 0.25) is 0 Å². The predicted octanol–water partition coefficient (Wildman–Crippen LogP) is 1.65. The summed E-state index contributed by atoms with van der Waals surface area (Å²) in [7, 11) is 3.57. The number of aryl methyl sites for hydroxylation is 2. The smallest absolute Gasteiger partial charge is 0.0897 e. The van der Waals surface area contributed by atoms with E-state index < -0.39 is 0 Å². The second-order valence-electron chi connectivity index (χ2n) is 3.02. The molecule has 0 saturated heterocycles. The molecule has 0 aliphatic carbocycles. The van der Waals surface area contributed by atoms with Crippen LogP contribution < -0.4 is 0 Å². The Bertz CT molecular complexity index is 299. The summed E-state index contributed by atoms with van der Waals surface area (Å²) in [5.74, 6) is 0. The molecule has 14 heavy (non-hydrogen) atoms. The average Bonchev–Trinajstić information content (AvgIpc) is 2.38. The van der Waals surface area contributed by atoms with E-state index in [2.05, 4.69) is 21.0 Å². The van der Waals surface area contributed by atoms with Crippen molar-refractivity contribution in [2.75, 3.05) is 20.3 Å². The Morgan fingerprint density at radius 1 is 1.43 bits per heavy atom. The summed E-state index contributed by atoms with van der Waals surface area (Å²) < 4.78 is 13.2. The van der Waals surface area contributed by atoms with Crippen LogP contribution in [0.4, 0.5) is 0 Å². The molecule has 1 aromatic heterocycles. The maximum Gasteiger partial charge on any atom is 0.0897 e. The first-order chi connectivity index (χ1) is 6.66. The van der Waals surface area contributed by atoms with E-state index in [1.54, 1.807) is 7.11 Å². The second kappa shape index (κ2) is 5.48. The Hall–Kier alpha value is -0.390. The third-order valence-electron chi connectivity index (χ3n) is 1.93. The van der Waals surface area contributed by atoms with Crippen molar-refractivity contribution < 1.29 is 9.47 Å². The third-order valence-corrected chi connectivity index (χ3v) is 2.96. The fraction of sp³-hybridized carbons (Fsp3) is 0.667. The first-order valence-electron chi connectivity index (χ1n) is 4.41. The van der Waals surface area contributed by atoms with Crippen LogP contribution in [0, 0.1) is 6.92 Å². The van der Waals surface area contributed by atoms with Gasteiger partial charge >= 0.3 is 0 Å². The molecule has 0 unspecified atom stereocenters. The monoisotopic (exact) mass is 262 g/mol. The van der Waals surface area contributed by atoms with Gasteiger partial charge in [-0.05, 0) is 22.9 Å². The van der Waals surface area contributed by atoms with Crippen LogP contribution in [0.1, 0.15) is 11.4 Å². The van der Waals surface area contributed by atoms with Crippen LogP contribution in [-0.4, -0.2) is 30.1 Å². The Labute approximate surface area is 92.3 Å². The molecule has 0 aliphatic rings. The van der Waals surface area contributed by atoms with E-state index in [1.165, 1.54) is 0 Å². The Kier molecular flexibility index (Phi) is 4.57. The molecule has 1 rings (SSSR count). The highest BCUT2D eigenvalue weighted by Gasteiger charge is 2.09. The van der Waals surface area contributed by atoms with Crippen molar-refractivity contribution >= 4 is 15.9 Å². The molecule has 0 fully saturated rings. The summed E-state index contributed by atoms with van der Waals surface area (Å²) in [5, 5.41) is 4.27. The zero-order valence-corrected chi connectivity index (χ0v) is 10.3. The number of hydrogen-bond acceptors (Lipinski definition) is 3. The highest BCUT2D eigenvalue weighted by atomic mass is 79.9. The summed E-state index contributed by atoms with van der Waals surface area (Å²) in [6, 6.07) is 0. The summed E-state index contributed by atoms with van der Waals surface area (Å²) in [6.45, 7) is 3.74. The molecule has 0 N–H and O–H groups in total. The molecule has 0 radical (unpaired) electrons. The Balaban J connectivity index is 2.49. The lowest BCUT2D eigenvalue weighted by Crippen LogP contribution is -2.05. The van der Waals surface area contributed by atoms with E-state index in [4.69, 9.17) is 9.47 Å². The number of halogens is 1. The first-order valence-corrected chi connectivity index (χ1v) is 5.20. The predicted molar refractivity (Wildman–Crippen MR) is 57.2 cm³/mol. The molecule has 0 saturated carbocycles. The van der Waals surface area contributed by atoms with Gasteiger partial charge in [-0.15, -0.1) is 0 Å².